The second-order valence-electron chi connectivity index (χ2n) is 8.56. The van der Waals surface area contributed by atoms with E-state index in [9.17, 15) is 17.6 Å². The number of imidazole rings is 1. The number of aromatic nitrogens is 3. The van der Waals surface area contributed by atoms with Crippen molar-refractivity contribution in [2.75, 3.05) is 36.0 Å². The highest BCUT2D eigenvalue weighted by atomic mass is 19.4. The van der Waals surface area contributed by atoms with Gasteiger partial charge in [0, 0.05) is 37.9 Å². The molecule has 33 heavy (non-hydrogen) atoms. The van der Waals surface area contributed by atoms with Crippen LogP contribution in [0.4, 0.5) is 29.3 Å². The number of pyridine rings is 1. The normalized spacial score (nSPS) is 17.5. The number of halogens is 4. The third-order valence-corrected chi connectivity index (χ3v) is 6.40. The van der Waals surface area contributed by atoms with Crippen LogP contribution in [-0.4, -0.2) is 41.1 Å². The summed E-state index contributed by atoms with van der Waals surface area (Å²) in [5.41, 5.74) is 3.68. The maximum atomic E-state index is 13.5. The molecule has 174 valence electrons. The minimum absolute atomic E-state index is 0.0339. The Balaban J connectivity index is 1.40. The number of aromatic amines is 1. The molecule has 2 aromatic heterocycles. The van der Waals surface area contributed by atoms with E-state index in [2.05, 4.69) is 16.0 Å². The number of nitrogens with one attached hydrogen (secondary N) is 1. The van der Waals surface area contributed by atoms with Crippen molar-refractivity contribution in [2.45, 2.75) is 38.5 Å². The zero-order valence-corrected chi connectivity index (χ0v) is 18.1. The SMILES string of the molecule is FCc1cc(C2=CCCCC2)c2nc(N3CCN(c4ncccc4C(F)(F)F)CC3)[nH]c2c1. The van der Waals surface area contributed by atoms with Crippen molar-refractivity contribution in [1.82, 2.24) is 15.0 Å². The number of alkyl halides is 4. The molecule has 0 unspecified atom stereocenters. The predicted octanol–water partition coefficient (Wildman–Crippen LogP) is 5.73. The highest BCUT2D eigenvalue weighted by Gasteiger charge is 2.36. The predicted molar refractivity (Wildman–Crippen MR) is 121 cm³/mol. The lowest BCUT2D eigenvalue weighted by Crippen LogP contribution is -2.47. The standard InChI is InChI=1S/C24H25F4N5/c25-15-16-13-18(17-5-2-1-3-6-17)21-20(14-16)30-23(31-21)33-11-9-32(10-12-33)22-19(24(26,27)28)7-4-8-29-22/h4-5,7-8,13-14H,1-3,6,9-12,15H2,(H,30,31). The summed E-state index contributed by atoms with van der Waals surface area (Å²) in [4.78, 5) is 15.9. The van der Waals surface area contributed by atoms with Gasteiger partial charge in [0.05, 0.1) is 16.6 Å². The van der Waals surface area contributed by atoms with Crippen molar-refractivity contribution >= 4 is 28.4 Å². The van der Waals surface area contributed by atoms with Gasteiger partial charge in [-0.2, -0.15) is 13.2 Å². The fraction of sp³-hybridized carbons (Fsp3) is 0.417. The molecule has 1 fully saturated rings. The Bertz CT molecular complexity index is 1180. The van der Waals surface area contributed by atoms with Crippen LogP contribution in [0.15, 0.2) is 36.5 Å². The van der Waals surface area contributed by atoms with Gasteiger partial charge >= 0.3 is 6.18 Å². The highest BCUT2D eigenvalue weighted by Crippen LogP contribution is 2.36. The maximum Gasteiger partial charge on any atom is 0.419 e. The first-order valence-electron chi connectivity index (χ1n) is 11.2. The van der Waals surface area contributed by atoms with E-state index in [1.165, 1.54) is 17.8 Å². The van der Waals surface area contributed by atoms with Gasteiger partial charge in [-0.1, -0.05) is 6.08 Å². The Labute approximate surface area is 189 Å². The van der Waals surface area contributed by atoms with Crippen molar-refractivity contribution in [3.8, 4) is 0 Å². The van der Waals surface area contributed by atoms with Crippen LogP contribution in [0.3, 0.4) is 0 Å². The summed E-state index contributed by atoms with van der Waals surface area (Å²) in [6.07, 6.45) is 3.41. The minimum Gasteiger partial charge on any atom is -0.353 e. The van der Waals surface area contributed by atoms with Gasteiger partial charge in [0.15, 0.2) is 0 Å². The van der Waals surface area contributed by atoms with Gasteiger partial charge in [0.2, 0.25) is 5.95 Å². The van der Waals surface area contributed by atoms with E-state index in [4.69, 9.17) is 4.98 Å². The van der Waals surface area contributed by atoms with Gasteiger partial charge in [-0.05, 0) is 61.1 Å². The van der Waals surface area contributed by atoms with E-state index in [-0.39, 0.29) is 5.82 Å². The van der Waals surface area contributed by atoms with Crippen LogP contribution in [0.1, 0.15) is 42.4 Å². The smallest absolute Gasteiger partial charge is 0.353 e. The summed E-state index contributed by atoms with van der Waals surface area (Å²) < 4.78 is 53.7. The zero-order chi connectivity index (χ0) is 23.0. The molecule has 0 bridgehead atoms. The van der Waals surface area contributed by atoms with Crippen molar-refractivity contribution in [1.29, 1.82) is 0 Å². The van der Waals surface area contributed by atoms with Crippen molar-refractivity contribution in [3.05, 3.63) is 53.2 Å². The van der Waals surface area contributed by atoms with Gasteiger partial charge in [-0.25, -0.2) is 14.4 Å². The molecule has 0 amide bonds. The third-order valence-electron chi connectivity index (χ3n) is 6.40. The lowest BCUT2D eigenvalue weighted by atomic mass is 9.92. The molecule has 1 N–H and O–H groups in total. The average Bonchev–Trinajstić information content (AvgIpc) is 3.28. The van der Waals surface area contributed by atoms with Gasteiger partial charge in [-0.15, -0.1) is 0 Å². The first-order chi connectivity index (χ1) is 15.9. The summed E-state index contributed by atoms with van der Waals surface area (Å²) in [5, 5.41) is 0. The molecule has 9 heteroatoms. The number of nitrogens with zero attached hydrogens (tertiary/aromatic N) is 4. The number of anilines is 2. The molecule has 2 aliphatic rings. The van der Waals surface area contributed by atoms with Gasteiger partial charge in [0.1, 0.15) is 12.5 Å². The number of piperazine rings is 1. The van der Waals surface area contributed by atoms with Crippen LogP contribution < -0.4 is 9.80 Å². The van der Waals surface area contributed by atoms with Crippen molar-refractivity contribution in [3.63, 3.8) is 0 Å². The number of hydrogen-bond acceptors (Lipinski definition) is 4. The van der Waals surface area contributed by atoms with Gasteiger partial charge in [-0.3, -0.25) is 0 Å². The molecule has 1 aliphatic carbocycles. The molecule has 1 saturated heterocycles. The van der Waals surface area contributed by atoms with Crippen LogP contribution >= 0.6 is 0 Å². The van der Waals surface area contributed by atoms with E-state index in [1.807, 2.05) is 11.0 Å². The highest BCUT2D eigenvalue weighted by molar-refractivity contribution is 5.91. The molecule has 1 aliphatic heterocycles. The van der Waals surface area contributed by atoms with Crippen LogP contribution in [0.2, 0.25) is 0 Å². The number of hydrogen-bond donors (Lipinski definition) is 1. The van der Waals surface area contributed by atoms with Gasteiger partial charge in [0.25, 0.3) is 0 Å². The van der Waals surface area contributed by atoms with Gasteiger partial charge < -0.3 is 14.8 Å². The van der Waals surface area contributed by atoms with Crippen molar-refractivity contribution in [2.24, 2.45) is 0 Å². The molecule has 3 heterocycles. The number of rotatable bonds is 4. The Hall–Kier alpha value is -3.10. The van der Waals surface area contributed by atoms with E-state index in [0.717, 1.165) is 48.3 Å². The molecular weight excluding hydrogens is 434 g/mol. The monoisotopic (exact) mass is 459 g/mol. The molecule has 3 aromatic rings. The molecule has 5 rings (SSSR count). The third kappa shape index (κ3) is 4.28. The Morgan fingerprint density at radius 3 is 2.52 bits per heavy atom. The fourth-order valence-electron chi connectivity index (χ4n) is 4.72. The summed E-state index contributed by atoms with van der Waals surface area (Å²) in [6, 6.07) is 6.06. The van der Waals surface area contributed by atoms with Crippen LogP contribution in [0.5, 0.6) is 0 Å². The summed E-state index contributed by atoms with van der Waals surface area (Å²) in [7, 11) is 0. The first-order valence-corrected chi connectivity index (χ1v) is 11.2. The molecular formula is C24H25F4N5. The lowest BCUT2D eigenvalue weighted by Gasteiger charge is -2.36. The zero-order valence-electron chi connectivity index (χ0n) is 18.1. The molecule has 0 spiro atoms. The molecule has 0 atom stereocenters. The van der Waals surface area contributed by atoms with Crippen LogP contribution in [0, 0.1) is 0 Å². The van der Waals surface area contributed by atoms with Crippen LogP contribution in [0.25, 0.3) is 16.6 Å². The van der Waals surface area contributed by atoms with E-state index >= 15 is 0 Å². The molecule has 1 aromatic carbocycles. The van der Waals surface area contributed by atoms with E-state index < -0.39 is 18.4 Å². The Morgan fingerprint density at radius 2 is 1.82 bits per heavy atom. The van der Waals surface area contributed by atoms with E-state index in [1.54, 1.807) is 11.0 Å². The number of fused-ring (bicyclic) bond motifs is 1. The van der Waals surface area contributed by atoms with E-state index in [0.29, 0.717) is 37.7 Å². The Morgan fingerprint density at radius 1 is 1.03 bits per heavy atom. The molecule has 0 radical (unpaired) electrons. The summed E-state index contributed by atoms with van der Waals surface area (Å²) in [5.74, 6) is 0.628. The number of benzene rings is 1. The fourth-order valence-corrected chi connectivity index (χ4v) is 4.72. The quantitative estimate of drug-likeness (QED) is 0.506. The largest absolute Gasteiger partial charge is 0.419 e. The maximum absolute atomic E-state index is 13.5. The summed E-state index contributed by atoms with van der Waals surface area (Å²) >= 11 is 0. The lowest BCUT2D eigenvalue weighted by molar-refractivity contribution is -0.137. The second-order valence-corrected chi connectivity index (χ2v) is 8.56. The summed E-state index contributed by atoms with van der Waals surface area (Å²) in [6.45, 7) is 1.24. The second kappa shape index (κ2) is 8.68. The minimum atomic E-state index is -4.45. The molecule has 5 nitrogen and oxygen atoms in total. The number of H-pyrrole nitrogens is 1. The molecule has 0 saturated carbocycles. The Kier molecular flexibility index (Phi) is 5.72. The van der Waals surface area contributed by atoms with Crippen LogP contribution in [-0.2, 0) is 12.9 Å². The van der Waals surface area contributed by atoms with Crippen molar-refractivity contribution < 1.29 is 17.6 Å². The average molecular weight is 459 g/mol. The topological polar surface area (TPSA) is 48.1 Å². The number of allylic oxidation sites excluding steroid dienone is 2. The first kappa shape index (κ1) is 21.7.